The molecule has 4 rings (SSSR count). The van der Waals surface area contributed by atoms with Gasteiger partial charge in [0.05, 0.1) is 22.9 Å². The van der Waals surface area contributed by atoms with Gasteiger partial charge in [-0.25, -0.2) is 4.98 Å². The molecule has 1 aromatic carbocycles. The van der Waals surface area contributed by atoms with Crippen molar-refractivity contribution in [2.75, 3.05) is 31.6 Å². The number of aromatic nitrogens is 1. The number of nitrogens with zero attached hydrogens (tertiary/aromatic N) is 2. The van der Waals surface area contributed by atoms with Crippen molar-refractivity contribution in [2.45, 2.75) is 31.9 Å². The lowest BCUT2D eigenvalue weighted by molar-refractivity contribution is -0.0415. The summed E-state index contributed by atoms with van der Waals surface area (Å²) in [6.07, 6.45) is 2.91. The topological polar surface area (TPSA) is 37.4 Å². The first-order valence-corrected chi connectivity index (χ1v) is 8.56. The predicted molar refractivity (Wildman–Crippen MR) is 87.2 cm³/mol. The lowest BCUT2D eigenvalue weighted by atomic mass is 10.2. The van der Waals surface area contributed by atoms with Gasteiger partial charge in [-0.2, -0.15) is 0 Å². The van der Waals surface area contributed by atoms with Crippen LogP contribution in [0, 0.1) is 6.92 Å². The molecule has 0 saturated carbocycles. The Morgan fingerprint density at radius 2 is 2.43 bits per heavy atom. The number of fused-ring (bicyclic) bond motifs is 2. The second-order valence-electron chi connectivity index (χ2n) is 6.12. The van der Waals surface area contributed by atoms with Crippen LogP contribution in [0.5, 0.6) is 0 Å². The first kappa shape index (κ1) is 13.5. The van der Waals surface area contributed by atoms with Crippen LogP contribution in [0.25, 0.3) is 10.2 Å². The number of thiazole rings is 1. The number of morpholine rings is 1. The molecule has 2 saturated heterocycles. The van der Waals surface area contributed by atoms with Crippen LogP contribution in [-0.2, 0) is 4.74 Å². The molecular formula is C16H21N3OS. The van der Waals surface area contributed by atoms with Crippen molar-refractivity contribution in [1.82, 2.24) is 9.88 Å². The van der Waals surface area contributed by atoms with Gasteiger partial charge in [0.25, 0.3) is 0 Å². The van der Waals surface area contributed by atoms with E-state index in [1.807, 2.05) is 0 Å². The summed E-state index contributed by atoms with van der Waals surface area (Å²) in [7, 11) is 0. The minimum absolute atomic E-state index is 0.285. The molecule has 0 radical (unpaired) electrons. The number of hydrogen-bond donors (Lipinski definition) is 1. The zero-order valence-electron chi connectivity index (χ0n) is 12.3. The van der Waals surface area contributed by atoms with Crippen LogP contribution in [0.1, 0.15) is 18.4 Å². The van der Waals surface area contributed by atoms with Crippen LogP contribution in [0.4, 0.5) is 5.13 Å². The van der Waals surface area contributed by atoms with Gasteiger partial charge in [-0.1, -0.05) is 17.4 Å². The molecule has 3 heterocycles. The SMILES string of the molecule is Cc1ccc2sc(NCC3CN4CCCC4CO3)nc2c1. The van der Waals surface area contributed by atoms with E-state index in [0.29, 0.717) is 6.04 Å². The molecule has 1 aromatic heterocycles. The zero-order chi connectivity index (χ0) is 14.2. The minimum atomic E-state index is 0.285. The Bertz CT molecular complexity index is 641. The highest BCUT2D eigenvalue weighted by Gasteiger charge is 2.32. The normalized spacial score (nSPS) is 26.1. The van der Waals surface area contributed by atoms with Crippen LogP contribution < -0.4 is 5.32 Å². The van der Waals surface area contributed by atoms with Crippen molar-refractivity contribution >= 4 is 26.7 Å². The van der Waals surface area contributed by atoms with E-state index in [9.17, 15) is 0 Å². The molecule has 2 atom stereocenters. The quantitative estimate of drug-likeness (QED) is 0.946. The Balaban J connectivity index is 1.39. The van der Waals surface area contributed by atoms with E-state index < -0.39 is 0 Å². The van der Waals surface area contributed by atoms with Gasteiger partial charge < -0.3 is 10.1 Å². The molecule has 2 fully saturated rings. The van der Waals surface area contributed by atoms with Crippen LogP contribution >= 0.6 is 11.3 Å². The summed E-state index contributed by atoms with van der Waals surface area (Å²) in [5.74, 6) is 0. The van der Waals surface area contributed by atoms with Gasteiger partial charge >= 0.3 is 0 Å². The number of benzene rings is 1. The van der Waals surface area contributed by atoms with E-state index >= 15 is 0 Å². The van der Waals surface area contributed by atoms with Crippen molar-refractivity contribution < 1.29 is 4.74 Å². The largest absolute Gasteiger partial charge is 0.373 e. The Morgan fingerprint density at radius 3 is 3.38 bits per heavy atom. The molecule has 1 N–H and O–H groups in total. The summed E-state index contributed by atoms with van der Waals surface area (Å²) >= 11 is 1.72. The average Bonchev–Trinajstić information content (AvgIpc) is 3.09. The van der Waals surface area contributed by atoms with E-state index in [-0.39, 0.29) is 6.10 Å². The third-order valence-corrected chi connectivity index (χ3v) is 5.48. The lowest BCUT2D eigenvalue weighted by Gasteiger charge is -2.35. The van der Waals surface area contributed by atoms with Gasteiger partial charge in [0.2, 0.25) is 0 Å². The van der Waals surface area contributed by atoms with E-state index in [1.54, 1.807) is 11.3 Å². The molecule has 2 aliphatic heterocycles. The fourth-order valence-electron chi connectivity index (χ4n) is 3.32. The predicted octanol–water partition coefficient (Wildman–Crippen LogP) is 2.88. The van der Waals surface area contributed by atoms with E-state index in [4.69, 9.17) is 4.74 Å². The van der Waals surface area contributed by atoms with Gasteiger partial charge in [0.15, 0.2) is 5.13 Å². The molecule has 2 aromatic rings. The molecule has 5 heteroatoms. The molecule has 0 aliphatic carbocycles. The number of rotatable bonds is 3. The molecular weight excluding hydrogens is 282 g/mol. The summed E-state index contributed by atoms with van der Waals surface area (Å²) in [4.78, 5) is 7.24. The molecule has 0 spiro atoms. The second-order valence-corrected chi connectivity index (χ2v) is 7.15. The highest BCUT2D eigenvalue weighted by Crippen LogP contribution is 2.27. The third-order valence-electron chi connectivity index (χ3n) is 4.49. The van der Waals surface area contributed by atoms with Crippen LogP contribution in [-0.4, -0.2) is 48.3 Å². The molecule has 0 amide bonds. The molecule has 0 bridgehead atoms. The maximum atomic E-state index is 5.98. The number of aryl methyl sites for hydroxylation is 1. The first-order chi connectivity index (χ1) is 10.3. The molecule has 2 aliphatic rings. The third kappa shape index (κ3) is 2.78. The van der Waals surface area contributed by atoms with E-state index in [2.05, 4.69) is 40.3 Å². The van der Waals surface area contributed by atoms with E-state index in [0.717, 1.165) is 30.3 Å². The monoisotopic (exact) mass is 303 g/mol. The average molecular weight is 303 g/mol. The van der Waals surface area contributed by atoms with E-state index in [1.165, 1.54) is 29.6 Å². The van der Waals surface area contributed by atoms with Gasteiger partial charge in [-0.3, -0.25) is 4.90 Å². The maximum absolute atomic E-state index is 5.98. The summed E-state index contributed by atoms with van der Waals surface area (Å²) in [5.41, 5.74) is 2.35. The standard InChI is InChI=1S/C16H21N3OS/c1-11-4-5-15-14(7-11)18-16(21-15)17-8-13-9-19-6-2-3-12(19)10-20-13/h4-5,7,12-13H,2-3,6,8-10H2,1H3,(H,17,18). The fourth-order valence-corrected chi connectivity index (χ4v) is 4.18. The lowest BCUT2D eigenvalue weighted by Crippen LogP contribution is -2.48. The van der Waals surface area contributed by atoms with Crippen molar-refractivity contribution in [1.29, 1.82) is 0 Å². The fraction of sp³-hybridized carbons (Fsp3) is 0.562. The Labute approximate surface area is 129 Å². The van der Waals surface area contributed by atoms with Gasteiger partial charge in [0.1, 0.15) is 0 Å². The van der Waals surface area contributed by atoms with Gasteiger partial charge in [0, 0.05) is 19.1 Å². The van der Waals surface area contributed by atoms with Crippen molar-refractivity contribution in [2.24, 2.45) is 0 Å². The summed E-state index contributed by atoms with van der Waals surface area (Å²) in [6.45, 7) is 6.15. The second kappa shape index (κ2) is 5.55. The number of hydrogen-bond acceptors (Lipinski definition) is 5. The highest BCUT2D eigenvalue weighted by atomic mass is 32.1. The van der Waals surface area contributed by atoms with Crippen molar-refractivity contribution in [3.05, 3.63) is 23.8 Å². The van der Waals surface area contributed by atoms with Gasteiger partial charge in [-0.05, 0) is 44.0 Å². The van der Waals surface area contributed by atoms with Crippen molar-refractivity contribution in [3.8, 4) is 0 Å². The Morgan fingerprint density at radius 1 is 1.48 bits per heavy atom. The minimum Gasteiger partial charge on any atom is -0.373 e. The molecule has 112 valence electrons. The van der Waals surface area contributed by atoms with Crippen LogP contribution in [0.15, 0.2) is 18.2 Å². The smallest absolute Gasteiger partial charge is 0.183 e. The Hall–Kier alpha value is -1.17. The zero-order valence-corrected chi connectivity index (χ0v) is 13.2. The van der Waals surface area contributed by atoms with Gasteiger partial charge in [-0.15, -0.1) is 0 Å². The van der Waals surface area contributed by atoms with Crippen LogP contribution in [0.2, 0.25) is 0 Å². The highest BCUT2D eigenvalue weighted by molar-refractivity contribution is 7.22. The summed E-state index contributed by atoms with van der Waals surface area (Å²) in [5, 5.41) is 4.46. The Kier molecular flexibility index (Phi) is 3.57. The molecule has 21 heavy (non-hydrogen) atoms. The van der Waals surface area contributed by atoms with Crippen LogP contribution in [0.3, 0.4) is 0 Å². The first-order valence-electron chi connectivity index (χ1n) is 7.75. The number of ether oxygens (including phenoxy) is 1. The molecule has 4 nitrogen and oxygen atoms in total. The number of anilines is 1. The molecule has 2 unspecified atom stereocenters. The number of nitrogens with one attached hydrogen (secondary N) is 1. The summed E-state index contributed by atoms with van der Waals surface area (Å²) in [6, 6.07) is 7.11. The van der Waals surface area contributed by atoms with Crippen molar-refractivity contribution in [3.63, 3.8) is 0 Å². The summed E-state index contributed by atoms with van der Waals surface area (Å²) < 4.78 is 7.22. The maximum Gasteiger partial charge on any atom is 0.183 e.